The van der Waals surface area contributed by atoms with Gasteiger partial charge in [0.2, 0.25) is 6.79 Å². The van der Waals surface area contributed by atoms with Gasteiger partial charge >= 0.3 is 0 Å². The van der Waals surface area contributed by atoms with Crippen LogP contribution in [0.5, 0.6) is 11.5 Å². The molecule has 6 nitrogen and oxygen atoms in total. The average molecular weight is 351 g/mol. The molecule has 0 spiro atoms. The molecule has 1 aliphatic rings. The lowest BCUT2D eigenvalue weighted by molar-refractivity contribution is -0.384. The SMILES string of the molecule is O=[N+]([O-])c1cccc(NCc2cc(Br)c3c(c2)OCO3)c1. The number of nitro groups is 1. The number of halogens is 1. The minimum atomic E-state index is -0.414. The molecule has 108 valence electrons. The number of nitrogens with zero attached hydrogens (tertiary/aromatic N) is 1. The number of hydrogen-bond acceptors (Lipinski definition) is 5. The lowest BCUT2D eigenvalue weighted by Crippen LogP contribution is -2.00. The average Bonchev–Trinajstić information content (AvgIpc) is 2.94. The van der Waals surface area contributed by atoms with Gasteiger partial charge in [-0.05, 0) is 39.7 Å². The zero-order chi connectivity index (χ0) is 14.8. The first-order valence-corrected chi connectivity index (χ1v) is 6.99. The summed E-state index contributed by atoms with van der Waals surface area (Å²) in [4.78, 5) is 10.3. The zero-order valence-corrected chi connectivity index (χ0v) is 12.4. The van der Waals surface area contributed by atoms with Gasteiger partial charge in [-0.25, -0.2) is 0 Å². The molecule has 0 fully saturated rings. The van der Waals surface area contributed by atoms with Crippen LogP contribution >= 0.6 is 15.9 Å². The molecule has 0 saturated heterocycles. The summed E-state index contributed by atoms with van der Waals surface area (Å²) >= 11 is 3.43. The summed E-state index contributed by atoms with van der Waals surface area (Å²) in [5.74, 6) is 1.40. The number of non-ortho nitro benzene ring substituents is 1. The first kappa shape index (κ1) is 13.7. The molecule has 1 heterocycles. The molecular weight excluding hydrogens is 340 g/mol. The van der Waals surface area contributed by atoms with Crippen molar-refractivity contribution in [2.24, 2.45) is 0 Å². The number of fused-ring (bicyclic) bond motifs is 1. The molecule has 7 heteroatoms. The van der Waals surface area contributed by atoms with Gasteiger partial charge in [-0.2, -0.15) is 0 Å². The Morgan fingerprint density at radius 3 is 2.95 bits per heavy atom. The van der Waals surface area contributed by atoms with E-state index in [1.807, 2.05) is 12.1 Å². The van der Waals surface area contributed by atoms with Crippen LogP contribution in [0.3, 0.4) is 0 Å². The fourth-order valence-corrected chi connectivity index (χ4v) is 2.66. The highest BCUT2D eigenvalue weighted by atomic mass is 79.9. The second-order valence-corrected chi connectivity index (χ2v) is 5.33. The first-order chi connectivity index (χ1) is 10.1. The number of hydrogen-bond donors (Lipinski definition) is 1. The van der Waals surface area contributed by atoms with Crippen molar-refractivity contribution in [1.82, 2.24) is 0 Å². The molecule has 2 aromatic carbocycles. The van der Waals surface area contributed by atoms with Crippen LogP contribution < -0.4 is 14.8 Å². The lowest BCUT2D eigenvalue weighted by atomic mass is 10.2. The maximum Gasteiger partial charge on any atom is 0.271 e. The van der Waals surface area contributed by atoms with Gasteiger partial charge < -0.3 is 14.8 Å². The van der Waals surface area contributed by atoms with Crippen LogP contribution in [0.2, 0.25) is 0 Å². The minimum Gasteiger partial charge on any atom is -0.454 e. The number of ether oxygens (including phenoxy) is 2. The van der Waals surface area contributed by atoms with E-state index in [4.69, 9.17) is 9.47 Å². The second kappa shape index (κ2) is 5.61. The molecule has 0 atom stereocenters. The van der Waals surface area contributed by atoms with Gasteiger partial charge in [0.05, 0.1) is 9.40 Å². The number of nitrogens with one attached hydrogen (secondary N) is 1. The first-order valence-electron chi connectivity index (χ1n) is 6.20. The number of rotatable bonds is 4. The van der Waals surface area contributed by atoms with E-state index in [-0.39, 0.29) is 12.5 Å². The predicted octanol–water partition coefficient (Wildman–Crippen LogP) is 3.70. The topological polar surface area (TPSA) is 73.6 Å². The fraction of sp³-hybridized carbons (Fsp3) is 0.143. The highest BCUT2D eigenvalue weighted by Gasteiger charge is 2.17. The quantitative estimate of drug-likeness (QED) is 0.672. The third-order valence-electron chi connectivity index (χ3n) is 3.04. The molecule has 0 amide bonds. The van der Waals surface area contributed by atoms with Gasteiger partial charge in [-0.15, -0.1) is 0 Å². The Balaban J connectivity index is 1.75. The summed E-state index contributed by atoms with van der Waals surface area (Å²) < 4.78 is 11.5. The Labute approximate surface area is 129 Å². The van der Waals surface area contributed by atoms with Crippen molar-refractivity contribution in [3.8, 4) is 11.5 Å². The normalized spacial score (nSPS) is 12.2. The predicted molar refractivity (Wildman–Crippen MR) is 80.7 cm³/mol. The van der Waals surface area contributed by atoms with E-state index in [1.165, 1.54) is 12.1 Å². The van der Waals surface area contributed by atoms with E-state index in [1.54, 1.807) is 12.1 Å². The lowest BCUT2D eigenvalue weighted by Gasteiger charge is -2.08. The molecule has 0 saturated carbocycles. The summed E-state index contributed by atoms with van der Waals surface area (Å²) in [5, 5.41) is 13.9. The molecule has 0 aromatic heterocycles. The van der Waals surface area contributed by atoms with E-state index >= 15 is 0 Å². The van der Waals surface area contributed by atoms with E-state index < -0.39 is 4.92 Å². The maximum atomic E-state index is 10.7. The summed E-state index contributed by atoms with van der Waals surface area (Å²) in [6.45, 7) is 0.742. The third-order valence-corrected chi connectivity index (χ3v) is 3.63. The second-order valence-electron chi connectivity index (χ2n) is 4.47. The fourth-order valence-electron chi connectivity index (χ4n) is 2.06. The van der Waals surface area contributed by atoms with Gasteiger partial charge in [-0.3, -0.25) is 10.1 Å². The zero-order valence-electron chi connectivity index (χ0n) is 10.8. The Hall–Kier alpha value is -2.28. The van der Waals surface area contributed by atoms with E-state index in [2.05, 4.69) is 21.2 Å². The Kier molecular flexibility index (Phi) is 3.66. The van der Waals surface area contributed by atoms with Crippen molar-refractivity contribution in [3.63, 3.8) is 0 Å². The van der Waals surface area contributed by atoms with Crippen LogP contribution in [-0.4, -0.2) is 11.7 Å². The molecular formula is C14H11BrN2O4. The van der Waals surface area contributed by atoms with Gasteiger partial charge in [0.15, 0.2) is 11.5 Å². The maximum absolute atomic E-state index is 10.7. The molecule has 3 rings (SSSR count). The highest BCUT2D eigenvalue weighted by molar-refractivity contribution is 9.10. The molecule has 2 aromatic rings. The molecule has 0 aliphatic carbocycles. The Bertz CT molecular complexity index is 705. The smallest absolute Gasteiger partial charge is 0.271 e. The van der Waals surface area contributed by atoms with E-state index in [0.29, 0.717) is 23.7 Å². The summed E-state index contributed by atoms with van der Waals surface area (Å²) in [6.07, 6.45) is 0. The van der Waals surface area contributed by atoms with Crippen LogP contribution in [-0.2, 0) is 6.54 Å². The van der Waals surface area contributed by atoms with E-state index in [0.717, 1.165) is 10.0 Å². The van der Waals surface area contributed by atoms with Crippen LogP contribution in [0.4, 0.5) is 11.4 Å². The monoisotopic (exact) mass is 350 g/mol. The third kappa shape index (κ3) is 2.92. The number of anilines is 1. The standard InChI is InChI=1S/C14H11BrN2O4/c15-12-4-9(5-13-14(12)21-8-20-13)7-16-10-2-1-3-11(6-10)17(18)19/h1-6,16H,7-8H2. The molecule has 21 heavy (non-hydrogen) atoms. The molecule has 0 bridgehead atoms. The van der Waals surface area contributed by atoms with Crippen molar-refractivity contribution in [1.29, 1.82) is 0 Å². The van der Waals surface area contributed by atoms with Gasteiger partial charge in [-0.1, -0.05) is 6.07 Å². The van der Waals surface area contributed by atoms with E-state index in [9.17, 15) is 10.1 Å². The summed E-state index contributed by atoms with van der Waals surface area (Å²) in [5.41, 5.74) is 1.74. The van der Waals surface area contributed by atoms with Crippen LogP contribution in [0, 0.1) is 10.1 Å². The van der Waals surface area contributed by atoms with Crippen LogP contribution in [0.1, 0.15) is 5.56 Å². The van der Waals surface area contributed by atoms with Crippen molar-refractivity contribution in [3.05, 3.63) is 56.5 Å². The van der Waals surface area contributed by atoms with Crippen molar-refractivity contribution < 1.29 is 14.4 Å². The van der Waals surface area contributed by atoms with Gasteiger partial charge in [0, 0.05) is 24.4 Å². The number of nitro benzene ring substituents is 1. The Morgan fingerprint density at radius 1 is 1.29 bits per heavy atom. The summed E-state index contributed by atoms with van der Waals surface area (Å²) in [7, 11) is 0. The van der Waals surface area contributed by atoms with Crippen molar-refractivity contribution >= 4 is 27.3 Å². The summed E-state index contributed by atoms with van der Waals surface area (Å²) in [6, 6.07) is 10.2. The molecule has 1 N–H and O–H groups in total. The highest BCUT2D eigenvalue weighted by Crippen LogP contribution is 2.40. The van der Waals surface area contributed by atoms with Crippen molar-refractivity contribution in [2.45, 2.75) is 6.54 Å². The van der Waals surface area contributed by atoms with Gasteiger partial charge in [0.1, 0.15) is 0 Å². The minimum absolute atomic E-state index is 0.0619. The largest absolute Gasteiger partial charge is 0.454 e. The van der Waals surface area contributed by atoms with Crippen LogP contribution in [0.25, 0.3) is 0 Å². The molecule has 1 aliphatic heterocycles. The molecule has 0 unspecified atom stereocenters. The number of benzene rings is 2. The molecule has 0 radical (unpaired) electrons. The van der Waals surface area contributed by atoms with Crippen molar-refractivity contribution in [2.75, 3.05) is 12.1 Å². The van der Waals surface area contributed by atoms with Crippen LogP contribution in [0.15, 0.2) is 40.9 Å². The Morgan fingerprint density at radius 2 is 2.14 bits per heavy atom. The van der Waals surface area contributed by atoms with Gasteiger partial charge in [0.25, 0.3) is 5.69 Å².